The number of benzene rings is 1. The van der Waals surface area contributed by atoms with Crippen molar-refractivity contribution in [2.75, 3.05) is 11.4 Å². The summed E-state index contributed by atoms with van der Waals surface area (Å²) in [4.78, 5) is 16.9. The Morgan fingerprint density at radius 1 is 1.35 bits per heavy atom. The first-order chi connectivity index (χ1) is 9.69. The number of carboxylic acid groups (broad SMARTS) is 1. The number of aryl methyl sites for hydroxylation is 1. The van der Waals surface area contributed by atoms with E-state index >= 15 is 0 Å². The van der Waals surface area contributed by atoms with Crippen molar-refractivity contribution in [1.29, 1.82) is 0 Å². The molecule has 0 unspecified atom stereocenters. The topological polar surface area (TPSA) is 79.5 Å². The maximum absolute atomic E-state index is 10.8. The average Bonchev–Trinajstić information content (AvgIpc) is 2.92. The Morgan fingerprint density at radius 2 is 2.10 bits per heavy atom. The zero-order valence-electron chi connectivity index (χ0n) is 11.3. The van der Waals surface area contributed by atoms with E-state index in [0.29, 0.717) is 31.2 Å². The van der Waals surface area contributed by atoms with Gasteiger partial charge in [-0.2, -0.15) is 4.98 Å². The monoisotopic (exact) mass is 275 g/mol. The fourth-order valence-electron chi connectivity index (χ4n) is 1.83. The van der Waals surface area contributed by atoms with Gasteiger partial charge in [-0.3, -0.25) is 4.79 Å². The predicted octanol–water partition coefficient (Wildman–Crippen LogP) is 2.11. The van der Waals surface area contributed by atoms with Crippen LogP contribution in [0, 0.1) is 0 Å². The molecule has 20 heavy (non-hydrogen) atoms. The summed E-state index contributed by atoms with van der Waals surface area (Å²) in [6, 6.07) is 9.60. The molecule has 1 heterocycles. The zero-order chi connectivity index (χ0) is 14.4. The summed E-state index contributed by atoms with van der Waals surface area (Å²) < 4.78 is 5.16. The highest BCUT2D eigenvalue weighted by atomic mass is 16.5. The van der Waals surface area contributed by atoms with E-state index in [4.69, 9.17) is 9.63 Å². The Morgan fingerprint density at radius 3 is 2.70 bits per heavy atom. The molecule has 0 radical (unpaired) electrons. The summed E-state index contributed by atoms with van der Waals surface area (Å²) in [6.07, 6.45) is 0.771. The minimum absolute atomic E-state index is 0.0592. The number of para-hydroxylation sites is 1. The zero-order valence-corrected chi connectivity index (χ0v) is 11.3. The van der Waals surface area contributed by atoms with Crippen LogP contribution in [-0.2, 0) is 17.8 Å². The summed E-state index contributed by atoms with van der Waals surface area (Å²) in [5.41, 5.74) is 0.935. The molecule has 2 rings (SSSR count). The van der Waals surface area contributed by atoms with Crippen molar-refractivity contribution in [1.82, 2.24) is 10.1 Å². The van der Waals surface area contributed by atoms with Crippen LogP contribution in [0.5, 0.6) is 0 Å². The van der Waals surface area contributed by atoms with Crippen molar-refractivity contribution >= 4 is 11.7 Å². The van der Waals surface area contributed by atoms with Gasteiger partial charge in [0.25, 0.3) is 0 Å². The lowest BCUT2D eigenvalue weighted by Crippen LogP contribution is -2.25. The molecule has 106 valence electrons. The van der Waals surface area contributed by atoms with Crippen LogP contribution in [0.3, 0.4) is 0 Å². The molecule has 1 aromatic carbocycles. The van der Waals surface area contributed by atoms with Gasteiger partial charge in [-0.1, -0.05) is 30.3 Å². The summed E-state index contributed by atoms with van der Waals surface area (Å²) in [6.45, 7) is 2.75. The van der Waals surface area contributed by atoms with Gasteiger partial charge in [-0.05, 0) is 12.1 Å². The number of anilines is 1. The first-order valence-corrected chi connectivity index (χ1v) is 6.52. The maximum Gasteiger partial charge on any atom is 0.305 e. The second kappa shape index (κ2) is 6.70. The molecular weight excluding hydrogens is 258 g/mol. The molecule has 0 aliphatic carbocycles. The summed E-state index contributed by atoms with van der Waals surface area (Å²) in [5.74, 6) is 0.327. The molecule has 0 atom stereocenters. The van der Waals surface area contributed by atoms with Gasteiger partial charge < -0.3 is 14.5 Å². The molecule has 2 aromatic rings. The molecule has 6 heteroatoms. The number of carboxylic acids is 1. The van der Waals surface area contributed by atoms with E-state index in [1.807, 2.05) is 42.2 Å². The van der Waals surface area contributed by atoms with Crippen molar-refractivity contribution in [3.63, 3.8) is 0 Å². The Labute approximate surface area is 117 Å². The fraction of sp³-hybridized carbons (Fsp3) is 0.357. The Hall–Kier alpha value is -2.37. The number of hydrogen-bond acceptors (Lipinski definition) is 5. The van der Waals surface area contributed by atoms with Crippen molar-refractivity contribution in [2.45, 2.75) is 26.3 Å². The maximum atomic E-state index is 10.8. The second-order valence-electron chi connectivity index (χ2n) is 4.36. The van der Waals surface area contributed by atoms with Gasteiger partial charge in [0.2, 0.25) is 5.89 Å². The quantitative estimate of drug-likeness (QED) is 0.833. The Kier molecular flexibility index (Phi) is 4.70. The smallest absolute Gasteiger partial charge is 0.305 e. The number of hydrogen-bond donors (Lipinski definition) is 1. The lowest BCUT2D eigenvalue weighted by atomic mass is 10.2. The highest BCUT2D eigenvalue weighted by molar-refractivity contribution is 5.67. The van der Waals surface area contributed by atoms with Gasteiger partial charge >= 0.3 is 5.97 Å². The Balaban J connectivity index is 2.11. The van der Waals surface area contributed by atoms with E-state index in [0.717, 1.165) is 5.69 Å². The van der Waals surface area contributed by atoms with Gasteiger partial charge in [-0.15, -0.1) is 0 Å². The van der Waals surface area contributed by atoms with Gasteiger partial charge in [0.15, 0.2) is 5.82 Å². The van der Waals surface area contributed by atoms with Crippen LogP contribution in [0.1, 0.15) is 25.1 Å². The van der Waals surface area contributed by atoms with Crippen LogP contribution in [0.2, 0.25) is 0 Å². The number of nitrogens with zero attached hydrogens (tertiary/aromatic N) is 3. The van der Waals surface area contributed by atoms with Gasteiger partial charge in [-0.25, -0.2) is 0 Å². The third-order valence-electron chi connectivity index (χ3n) is 2.87. The van der Waals surface area contributed by atoms with Gasteiger partial charge in [0, 0.05) is 18.7 Å². The lowest BCUT2D eigenvalue weighted by molar-refractivity contribution is -0.136. The number of rotatable bonds is 7. The minimum atomic E-state index is -0.828. The standard InChI is InChI=1S/C14H17N3O3/c1-2-12-15-13(20-16-12)10-17(9-8-14(18)19)11-6-4-3-5-7-11/h3-7H,2,8-10H2,1H3,(H,18,19). The number of carbonyl (C=O) groups is 1. The molecule has 0 saturated carbocycles. The highest BCUT2D eigenvalue weighted by Crippen LogP contribution is 2.16. The second-order valence-corrected chi connectivity index (χ2v) is 4.36. The molecule has 0 fully saturated rings. The largest absolute Gasteiger partial charge is 0.481 e. The van der Waals surface area contributed by atoms with Crippen molar-refractivity contribution in [3.05, 3.63) is 42.0 Å². The van der Waals surface area contributed by atoms with Crippen LogP contribution >= 0.6 is 0 Å². The van der Waals surface area contributed by atoms with E-state index in [1.165, 1.54) is 0 Å². The SMILES string of the molecule is CCc1noc(CN(CCC(=O)O)c2ccccc2)n1. The lowest BCUT2D eigenvalue weighted by Gasteiger charge is -2.22. The van der Waals surface area contributed by atoms with E-state index < -0.39 is 5.97 Å². The van der Waals surface area contributed by atoms with E-state index in [9.17, 15) is 4.79 Å². The van der Waals surface area contributed by atoms with Gasteiger partial charge in [0.1, 0.15) is 0 Å². The highest BCUT2D eigenvalue weighted by Gasteiger charge is 2.13. The summed E-state index contributed by atoms with van der Waals surface area (Å²) in [5, 5.41) is 12.7. The first kappa shape index (κ1) is 14.0. The molecular formula is C14H17N3O3. The van der Waals surface area contributed by atoms with Crippen LogP contribution in [-0.4, -0.2) is 27.8 Å². The fourth-order valence-corrected chi connectivity index (χ4v) is 1.83. The molecule has 0 saturated heterocycles. The summed E-state index contributed by atoms with van der Waals surface area (Å²) >= 11 is 0. The van der Waals surface area contributed by atoms with Crippen LogP contribution in [0.25, 0.3) is 0 Å². The van der Waals surface area contributed by atoms with Crippen LogP contribution in [0.4, 0.5) is 5.69 Å². The normalized spacial score (nSPS) is 10.4. The summed E-state index contributed by atoms with van der Waals surface area (Å²) in [7, 11) is 0. The van der Waals surface area contributed by atoms with E-state index in [-0.39, 0.29) is 6.42 Å². The minimum Gasteiger partial charge on any atom is -0.481 e. The third kappa shape index (κ3) is 3.81. The van der Waals surface area contributed by atoms with Crippen LogP contribution < -0.4 is 4.90 Å². The molecule has 0 spiro atoms. The Bertz CT molecular complexity index is 554. The van der Waals surface area contributed by atoms with Gasteiger partial charge in [0.05, 0.1) is 13.0 Å². The number of aromatic nitrogens is 2. The average molecular weight is 275 g/mol. The van der Waals surface area contributed by atoms with Crippen molar-refractivity contribution in [3.8, 4) is 0 Å². The van der Waals surface area contributed by atoms with E-state index in [1.54, 1.807) is 0 Å². The number of aliphatic carboxylic acids is 1. The molecule has 0 amide bonds. The predicted molar refractivity (Wildman–Crippen MR) is 73.4 cm³/mol. The van der Waals surface area contributed by atoms with E-state index in [2.05, 4.69) is 10.1 Å². The van der Waals surface area contributed by atoms with Crippen LogP contribution in [0.15, 0.2) is 34.9 Å². The molecule has 0 aliphatic heterocycles. The molecule has 1 aromatic heterocycles. The molecule has 0 aliphatic rings. The molecule has 6 nitrogen and oxygen atoms in total. The third-order valence-corrected chi connectivity index (χ3v) is 2.87. The molecule has 1 N–H and O–H groups in total. The van der Waals surface area contributed by atoms with Crippen molar-refractivity contribution in [2.24, 2.45) is 0 Å². The first-order valence-electron chi connectivity index (χ1n) is 6.52. The van der Waals surface area contributed by atoms with Crippen molar-refractivity contribution < 1.29 is 14.4 Å². The molecule has 0 bridgehead atoms.